The van der Waals surface area contributed by atoms with Crippen LogP contribution < -0.4 is 10.6 Å². The van der Waals surface area contributed by atoms with Gasteiger partial charge >= 0.3 is 0 Å². The lowest BCUT2D eigenvalue weighted by Gasteiger charge is -2.32. The molecule has 0 atom stereocenters. The van der Waals surface area contributed by atoms with Crippen LogP contribution in [0.1, 0.15) is 37.6 Å². The number of aryl methyl sites for hydroxylation is 1. The third-order valence-electron chi connectivity index (χ3n) is 5.63. The molecule has 0 bridgehead atoms. The second-order valence-electron chi connectivity index (χ2n) is 7.91. The fraction of sp³-hybridized carbons (Fsp3) is 0.609. The average Bonchev–Trinajstić information content (AvgIpc) is 3.27. The highest BCUT2D eigenvalue weighted by Crippen LogP contribution is 2.16. The minimum atomic E-state index is 0. The van der Waals surface area contributed by atoms with Crippen LogP contribution in [0.4, 0.5) is 0 Å². The van der Waals surface area contributed by atoms with Crippen molar-refractivity contribution < 1.29 is 4.74 Å². The first-order valence-electron chi connectivity index (χ1n) is 11.5. The Morgan fingerprint density at radius 2 is 1.91 bits per heavy atom. The van der Waals surface area contributed by atoms with E-state index in [4.69, 9.17) is 4.74 Å². The summed E-state index contributed by atoms with van der Waals surface area (Å²) in [4.78, 5) is 6.81. The van der Waals surface area contributed by atoms with Crippen molar-refractivity contribution in [1.29, 1.82) is 0 Å². The molecule has 0 unspecified atom stereocenters. The number of ether oxygens (including phenoxy) is 1. The molecule has 9 heteroatoms. The standard InChI is InChI=1S/C23H37N7O.HI/c1-3-22-28-27-19-30(22)16-13-26-23(24-2)25-12-7-17-31-21-10-14-29(15-11-21)18-20-8-5-4-6-9-20;/h4-6,8-9,19,21H,3,7,10-18H2,1-2H3,(H2,24,25,26);1H. The number of nitrogens with zero attached hydrogens (tertiary/aromatic N) is 5. The van der Waals surface area contributed by atoms with Gasteiger partial charge in [0.05, 0.1) is 6.10 Å². The molecule has 1 aliphatic rings. The largest absolute Gasteiger partial charge is 0.378 e. The molecular formula is C23H38IN7O. The third-order valence-corrected chi connectivity index (χ3v) is 5.63. The van der Waals surface area contributed by atoms with Gasteiger partial charge in [0.2, 0.25) is 0 Å². The molecule has 1 aliphatic heterocycles. The molecule has 0 aliphatic carbocycles. The Morgan fingerprint density at radius 1 is 1.16 bits per heavy atom. The first-order chi connectivity index (χ1) is 15.3. The van der Waals surface area contributed by atoms with Gasteiger partial charge in [-0.1, -0.05) is 37.3 Å². The molecule has 32 heavy (non-hydrogen) atoms. The van der Waals surface area contributed by atoms with Crippen molar-refractivity contribution in [1.82, 2.24) is 30.3 Å². The van der Waals surface area contributed by atoms with E-state index in [0.717, 1.165) is 83.3 Å². The molecule has 8 nitrogen and oxygen atoms in total. The van der Waals surface area contributed by atoms with Crippen LogP contribution in [0.25, 0.3) is 0 Å². The molecule has 0 saturated carbocycles. The highest BCUT2D eigenvalue weighted by molar-refractivity contribution is 14.0. The molecule has 0 spiro atoms. The molecule has 178 valence electrons. The Labute approximate surface area is 209 Å². The highest BCUT2D eigenvalue weighted by Gasteiger charge is 2.19. The summed E-state index contributed by atoms with van der Waals surface area (Å²) in [5.74, 6) is 1.83. The number of piperidine rings is 1. The summed E-state index contributed by atoms with van der Waals surface area (Å²) in [6.45, 7) is 8.59. The van der Waals surface area contributed by atoms with E-state index in [1.807, 2.05) is 0 Å². The average molecular weight is 556 g/mol. The van der Waals surface area contributed by atoms with Crippen molar-refractivity contribution in [2.75, 3.05) is 39.8 Å². The summed E-state index contributed by atoms with van der Waals surface area (Å²) in [5.41, 5.74) is 1.39. The lowest BCUT2D eigenvalue weighted by atomic mass is 10.1. The number of guanidine groups is 1. The number of aliphatic imine (C=N–C) groups is 1. The van der Waals surface area contributed by atoms with Gasteiger partial charge in [0.25, 0.3) is 0 Å². The van der Waals surface area contributed by atoms with Crippen LogP contribution in [-0.4, -0.2) is 71.6 Å². The maximum absolute atomic E-state index is 6.11. The number of nitrogens with one attached hydrogen (secondary N) is 2. The lowest BCUT2D eigenvalue weighted by Crippen LogP contribution is -2.40. The zero-order chi connectivity index (χ0) is 21.7. The van der Waals surface area contributed by atoms with E-state index >= 15 is 0 Å². The quantitative estimate of drug-likeness (QED) is 0.192. The van der Waals surface area contributed by atoms with Crippen LogP contribution in [-0.2, 0) is 24.2 Å². The minimum absolute atomic E-state index is 0. The van der Waals surface area contributed by atoms with E-state index in [1.165, 1.54) is 5.56 Å². The maximum Gasteiger partial charge on any atom is 0.191 e. The first kappa shape index (κ1) is 26.5. The summed E-state index contributed by atoms with van der Waals surface area (Å²) in [7, 11) is 1.80. The van der Waals surface area contributed by atoms with Crippen molar-refractivity contribution >= 4 is 29.9 Å². The smallest absolute Gasteiger partial charge is 0.191 e. The van der Waals surface area contributed by atoms with E-state index in [1.54, 1.807) is 13.4 Å². The summed E-state index contributed by atoms with van der Waals surface area (Å²) in [6, 6.07) is 10.7. The first-order valence-corrected chi connectivity index (χ1v) is 11.5. The van der Waals surface area contributed by atoms with Crippen molar-refractivity contribution in [3.63, 3.8) is 0 Å². The Balaban J connectivity index is 0.00000363. The summed E-state index contributed by atoms with van der Waals surface area (Å²) in [5, 5.41) is 14.8. The fourth-order valence-electron chi connectivity index (χ4n) is 3.86. The number of hydrogen-bond acceptors (Lipinski definition) is 5. The zero-order valence-electron chi connectivity index (χ0n) is 19.4. The van der Waals surface area contributed by atoms with Gasteiger partial charge in [0.1, 0.15) is 12.2 Å². The summed E-state index contributed by atoms with van der Waals surface area (Å²) in [6.07, 6.45) is 6.26. The number of likely N-dealkylation sites (tertiary alicyclic amines) is 1. The number of halogens is 1. The molecule has 0 amide bonds. The third kappa shape index (κ3) is 9.03. The van der Waals surface area contributed by atoms with Gasteiger partial charge in [0.15, 0.2) is 5.96 Å². The molecule has 3 rings (SSSR count). The minimum Gasteiger partial charge on any atom is -0.378 e. The van der Waals surface area contributed by atoms with Crippen LogP contribution in [0.3, 0.4) is 0 Å². The zero-order valence-corrected chi connectivity index (χ0v) is 21.7. The van der Waals surface area contributed by atoms with E-state index < -0.39 is 0 Å². The van der Waals surface area contributed by atoms with Crippen molar-refractivity contribution in [2.45, 2.75) is 51.8 Å². The van der Waals surface area contributed by atoms with Crippen molar-refractivity contribution in [3.8, 4) is 0 Å². The molecule has 1 aromatic heterocycles. The monoisotopic (exact) mass is 555 g/mol. The number of aromatic nitrogens is 3. The molecule has 1 saturated heterocycles. The van der Waals surface area contributed by atoms with Gasteiger partial charge in [0, 0.05) is 59.3 Å². The predicted octanol–water partition coefficient (Wildman–Crippen LogP) is 2.69. The fourth-order valence-corrected chi connectivity index (χ4v) is 3.86. The van der Waals surface area contributed by atoms with Gasteiger partial charge in [-0.25, -0.2) is 0 Å². The molecule has 2 N–H and O–H groups in total. The summed E-state index contributed by atoms with van der Waals surface area (Å²) < 4.78 is 8.18. The van der Waals surface area contributed by atoms with Crippen LogP contribution in [0.5, 0.6) is 0 Å². The Morgan fingerprint density at radius 3 is 2.62 bits per heavy atom. The van der Waals surface area contributed by atoms with Crippen LogP contribution in [0, 0.1) is 0 Å². The summed E-state index contributed by atoms with van der Waals surface area (Å²) >= 11 is 0. The Hall–Kier alpha value is -1.72. The van der Waals surface area contributed by atoms with E-state index in [0.29, 0.717) is 6.10 Å². The number of benzene rings is 1. The lowest BCUT2D eigenvalue weighted by molar-refractivity contribution is 0.00534. The highest BCUT2D eigenvalue weighted by atomic mass is 127. The van der Waals surface area contributed by atoms with Crippen LogP contribution in [0.2, 0.25) is 0 Å². The van der Waals surface area contributed by atoms with E-state index in [2.05, 4.69) is 72.5 Å². The predicted molar refractivity (Wildman–Crippen MR) is 139 cm³/mol. The topological polar surface area (TPSA) is 79.6 Å². The molecule has 2 heterocycles. The van der Waals surface area contributed by atoms with Gasteiger partial charge in [-0.15, -0.1) is 34.2 Å². The van der Waals surface area contributed by atoms with Gasteiger partial charge in [-0.3, -0.25) is 9.89 Å². The second-order valence-corrected chi connectivity index (χ2v) is 7.91. The van der Waals surface area contributed by atoms with Gasteiger partial charge < -0.3 is 19.9 Å². The Bertz CT molecular complexity index is 776. The number of hydrogen-bond donors (Lipinski definition) is 2. The van der Waals surface area contributed by atoms with Crippen LogP contribution >= 0.6 is 24.0 Å². The number of rotatable bonds is 11. The van der Waals surface area contributed by atoms with E-state index in [9.17, 15) is 0 Å². The van der Waals surface area contributed by atoms with Crippen molar-refractivity contribution in [3.05, 3.63) is 48.0 Å². The molecule has 0 radical (unpaired) electrons. The Kier molecular flexibility index (Phi) is 12.6. The SMILES string of the molecule is CCc1nncn1CCNC(=NC)NCCCOC1CCN(Cc2ccccc2)CC1.I. The van der Waals surface area contributed by atoms with Crippen molar-refractivity contribution in [2.24, 2.45) is 4.99 Å². The molecular weight excluding hydrogens is 517 g/mol. The normalized spacial score (nSPS) is 15.4. The van der Waals surface area contributed by atoms with Crippen LogP contribution in [0.15, 0.2) is 41.7 Å². The van der Waals surface area contributed by atoms with Gasteiger partial charge in [-0.05, 0) is 24.8 Å². The molecule has 1 fully saturated rings. The molecule has 2 aromatic rings. The second kappa shape index (κ2) is 15.2. The maximum atomic E-state index is 6.11. The van der Waals surface area contributed by atoms with E-state index in [-0.39, 0.29) is 24.0 Å². The molecule has 1 aromatic carbocycles. The van der Waals surface area contributed by atoms with Gasteiger partial charge in [-0.2, -0.15) is 0 Å².